The summed E-state index contributed by atoms with van der Waals surface area (Å²) in [5, 5.41) is 2.92. The molecule has 0 saturated carbocycles. The van der Waals surface area contributed by atoms with Crippen LogP contribution in [0, 0.1) is 6.92 Å². The highest BCUT2D eigenvalue weighted by Crippen LogP contribution is 2.15. The lowest BCUT2D eigenvalue weighted by molar-refractivity contribution is 0.0342. The molecule has 0 radical (unpaired) electrons. The predicted molar refractivity (Wildman–Crippen MR) is 89.5 cm³/mol. The second-order valence-electron chi connectivity index (χ2n) is 5.73. The number of rotatable bonds is 4. The van der Waals surface area contributed by atoms with Crippen molar-refractivity contribution in [2.24, 2.45) is 0 Å². The van der Waals surface area contributed by atoms with E-state index in [-0.39, 0.29) is 5.91 Å². The number of hydrogen-bond donors (Lipinski definition) is 1. The van der Waals surface area contributed by atoms with Crippen molar-refractivity contribution in [1.82, 2.24) is 9.88 Å². The van der Waals surface area contributed by atoms with Gasteiger partial charge in [0.05, 0.1) is 25.1 Å². The molecule has 120 valence electrons. The third-order valence-electron chi connectivity index (χ3n) is 3.99. The molecule has 1 amide bonds. The second-order valence-corrected chi connectivity index (χ2v) is 5.73. The Bertz CT molecular complexity index is 681. The lowest BCUT2D eigenvalue weighted by atomic mass is 10.1. The number of nitrogens with one attached hydrogen (secondary N) is 1. The minimum absolute atomic E-state index is 0.107. The van der Waals surface area contributed by atoms with E-state index >= 15 is 0 Å². The molecule has 1 saturated heterocycles. The fraction of sp³-hybridized carbons (Fsp3) is 0.333. The maximum Gasteiger partial charge on any atom is 0.255 e. The second kappa shape index (κ2) is 7.35. The fourth-order valence-corrected chi connectivity index (χ4v) is 2.62. The average molecular weight is 311 g/mol. The fourth-order valence-electron chi connectivity index (χ4n) is 2.62. The number of nitrogens with zero attached hydrogens (tertiary/aromatic N) is 2. The van der Waals surface area contributed by atoms with Gasteiger partial charge in [-0.1, -0.05) is 12.1 Å². The Morgan fingerprint density at radius 3 is 2.91 bits per heavy atom. The first-order valence-corrected chi connectivity index (χ1v) is 7.83. The number of amides is 1. The van der Waals surface area contributed by atoms with Gasteiger partial charge in [-0.2, -0.15) is 0 Å². The van der Waals surface area contributed by atoms with Gasteiger partial charge in [0, 0.05) is 31.4 Å². The SMILES string of the molecule is Cc1ccncc1NC(=O)c1cccc(CN2CCOCC2)c1. The molecule has 0 bridgehead atoms. The number of anilines is 1. The van der Waals surface area contributed by atoms with Crippen LogP contribution in [0.2, 0.25) is 0 Å². The monoisotopic (exact) mass is 311 g/mol. The van der Waals surface area contributed by atoms with Gasteiger partial charge < -0.3 is 10.1 Å². The van der Waals surface area contributed by atoms with Gasteiger partial charge >= 0.3 is 0 Å². The maximum atomic E-state index is 12.4. The number of benzene rings is 1. The Morgan fingerprint density at radius 1 is 1.30 bits per heavy atom. The number of pyridine rings is 1. The molecule has 0 spiro atoms. The first-order valence-electron chi connectivity index (χ1n) is 7.83. The van der Waals surface area contributed by atoms with Crippen LogP contribution in [0.4, 0.5) is 5.69 Å². The van der Waals surface area contributed by atoms with E-state index in [1.807, 2.05) is 31.2 Å². The number of carbonyl (C=O) groups excluding carboxylic acids is 1. The van der Waals surface area contributed by atoms with Gasteiger partial charge in [0.1, 0.15) is 0 Å². The topological polar surface area (TPSA) is 54.5 Å². The highest BCUT2D eigenvalue weighted by Gasteiger charge is 2.12. The van der Waals surface area contributed by atoms with Gasteiger partial charge in [-0.3, -0.25) is 14.7 Å². The zero-order valence-electron chi connectivity index (χ0n) is 13.3. The summed E-state index contributed by atoms with van der Waals surface area (Å²) < 4.78 is 5.37. The number of aryl methyl sites for hydroxylation is 1. The standard InChI is InChI=1S/C18H21N3O2/c1-14-5-6-19-12-17(14)20-18(22)16-4-2-3-15(11-16)13-21-7-9-23-10-8-21/h2-6,11-12H,7-10,13H2,1H3,(H,20,22). The van der Waals surface area contributed by atoms with Crippen LogP contribution in [0.15, 0.2) is 42.7 Å². The summed E-state index contributed by atoms with van der Waals surface area (Å²) in [6, 6.07) is 9.66. The number of morpholine rings is 1. The van der Waals surface area contributed by atoms with E-state index in [1.54, 1.807) is 12.4 Å². The van der Waals surface area contributed by atoms with Crippen LogP contribution in [0.25, 0.3) is 0 Å². The van der Waals surface area contributed by atoms with Gasteiger partial charge in [0.25, 0.3) is 5.91 Å². The van der Waals surface area contributed by atoms with Crippen LogP contribution in [-0.2, 0) is 11.3 Å². The molecule has 2 heterocycles. The molecular weight excluding hydrogens is 290 g/mol. The van der Waals surface area contributed by atoms with E-state index in [1.165, 1.54) is 0 Å². The molecule has 1 N–H and O–H groups in total. The molecule has 0 unspecified atom stereocenters. The highest BCUT2D eigenvalue weighted by atomic mass is 16.5. The maximum absolute atomic E-state index is 12.4. The van der Waals surface area contributed by atoms with E-state index in [2.05, 4.69) is 21.3 Å². The lowest BCUT2D eigenvalue weighted by Gasteiger charge is -2.26. The normalized spacial score (nSPS) is 15.3. The minimum atomic E-state index is -0.107. The average Bonchev–Trinajstić information content (AvgIpc) is 2.58. The molecule has 23 heavy (non-hydrogen) atoms. The third-order valence-corrected chi connectivity index (χ3v) is 3.99. The summed E-state index contributed by atoms with van der Waals surface area (Å²) in [6.07, 6.45) is 3.39. The summed E-state index contributed by atoms with van der Waals surface area (Å²) in [7, 11) is 0. The molecule has 1 aliphatic rings. The van der Waals surface area contributed by atoms with Crippen LogP contribution in [0.3, 0.4) is 0 Å². The summed E-state index contributed by atoms with van der Waals surface area (Å²) in [6.45, 7) is 6.22. The number of carbonyl (C=O) groups is 1. The Kier molecular flexibility index (Phi) is 5.00. The van der Waals surface area contributed by atoms with Crippen molar-refractivity contribution in [2.75, 3.05) is 31.6 Å². The van der Waals surface area contributed by atoms with Crippen LogP contribution >= 0.6 is 0 Å². The highest BCUT2D eigenvalue weighted by molar-refractivity contribution is 6.04. The first kappa shape index (κ1) is 15.6. The van der Waals surface area contributed by atoms with Crippen molar-refractivity contribution in [1.29, 1.82) is 0 Å². The van der Waals surface area contributed by atoms with Crippen LogP contribution in [0.5, 0.6) is 0 Å². The van der Waals surface area contributed by atoms with E-state index in [0.717, 1.165) is 49.7 Å². The molecule has 5 nitrogen and oxygen atoms in total. The lowest BCUT2D eigenvalue weighted by Crippen LogP contribution is -2.35. The molecule has 1 fully saturated rings. The number of hydrogen-bond acceptors (Lipinski definition) is 4. The summed E-state index contributed by atoms with van der Waals surface area (Å²) in [4.78, 5) is 18.8. The van der Waals surface area contributed by atoms with Crippen molar-refractivity contribution >= 4 is 11.6 Å². The van der Waals surface area contributed by atoms with E-state index in [4.69, 9.17) is 4.74 Å². The van der Waals surface area contributed by atoms with Crippen LogP contribution in [0.1, 0.15) is 21.5 Å². The molecule has 0 atom stereocenters. The van der Waals surface area contributed by atoms with Gasteiger partial charge in [-0.05, 0) is 36.2 Å². The third kappa shape index (κ3) is 4.15. The summed E-state index contributed by atoms with van der Waals surface area (Å²) in [5.74, 6) is -0.107. The van der Waals surface area contributed by atoms with Gasteiger partial charge in [-0.15, -0.1) is 0 Å². The molecular formula is C18H21N3O2. The molecule has 0 aliphatic carbocycles. The Labute approximate surface area is 136 Å². The van der Waals surface area contributed by atoms with Crippen molar-refractivity contribution in [3.05, 3.63) is 59.4 Å². The molecule has 1 aromatic carbocycles. The Balaban J connectivity index is 1.69. The minimum Gasteiger partial charge on any atom is -0.379 e. The smallest absolute Gasteiger partial charge is 0.255 e. The molecule has 2 aromatic rings. The number of ether oxygens (including phenoxy) is 1. The predicted octanol–water partition coefficient (Wildman–Crippen LogP) is 2.47. The van der Waals surface area contributed by atoms with Gasteiger partial charge in [0.15, 0.2) is 0 Å². The van der Waals surface area contributed by atoms with Gasteiger partial charge in [-0.25, -0.2) is 0 Å². The number of aromatic nitrogens is 1. The van der Waals surface area contributed by atoms with Crippen LogP contribution < -0.4 is 5.32 Å². The molecule has 5 heteroatoms. The van der Waals surface area contributed by atoms with E-state index < -0.39 is 0 Å². The zero-order valence-corrected chi connectivity index (χ0v) is 13.3. The van der Waals surface area contributed by atoms with Gasteiger partial charge in [0.2, 0.25) is 0 Å². The van der Waals surface area contributed by atoms with E-state index in [9.17, 15) is 4.79 Å². The summed E-state index contributed by atoms with van der Waals surface area (Å²) >= 11 is 0. The summed E-state index contributed by atoms with van der Waals surface area (Å²) in [5.41, 5.74) is 3.55. The van der Waals surface area contributed by atoms with Crippen molar-refractivity contribution < 1.29 is 9.53 Å². The zero-order chi connectivity index (χ0) is 16.1. The molecule has 1 aromatic heterocycles. The Morgan fingerprint density at radius 2 is 2.13 bits per heavy atom. The van der Waals surface area contributed by atoms with Crippen molar-refractivity contribution in [3.8, 4) is 0 Å². The van der Waals surface area contributed by atoms with E-state index in [0.29, 0.717) is 5.56 Å². The molecule has 3 rings (SSSR count). The quantitative estimate of drug-likeness (QED) is 0.942. The Hall–Kier alpha value is -2.24. The van der Waals surface area contributed by atoms with Crippen molar-refractivity contribution in [2.45, 2.75) is 13.5 Å². The largest absolute Gasteiger partial charge is 0.379 e. The molecule has 1 aliphatic heterocycles. The van der Waals surface area contributed by atoms with Crippen molar-refractivity contribution in [3.63, 3.8) is 0 Å². The van der Waals surface area contributed by atoms with Crippen LogP contribution in [-0.4, -0.2) is 42.1 Å². The first-order chi connectivity index (χ1) is 11.2.